The fourth-order valence-corrected chi connectivity index (χ4v) is 1.18. The van der Waals surface area contributed by atoms with Crippen LogP contribution in [0.15, 0.2) is 12.4 Å². The number of carbonyl (C=O) groups excluding carboxylic acids is 1. The first-order chi connectivity index (χ1) is 6.24. The number of nitrogens with zero attached hydrogens (tertiary/aromatic N) is 2. The summed E-state index contributed by atoms with van der Waals surface area (Å²) in [4.78, 5) is 15.0. The number of hydrogen-bond acceptors (Lipinski definition) is 2. The normalized spacial score (nSPS) is 10.0. The van der Waals surface area contributed by atoms with Crippen LogP contribution in [-0.4, -0.2) is 22.5 Å². The first-order valence-corrected chi connectivity index (χ1v) is 4.42. The van der Waals surface area contributed by atoms with Gasteiger partial charge in [-0.3, -0.25) is 4.79 Å². The topological polar surface area (TPSA) is 46.9 Å². The SMILES string of the molecule is CNC(=O)CCCn1ccnc1C. The number of nitrogens with one attached hydrogen (secondary N) is 1. The number of rotatable bonds is 4. The monoisotopic (exact) mass is 181 g/mol. The van der Waals surface area contributed by atoms with Crippen LogP contribution in [-0.2, 0) is 11.3 Å². The molecule has 1 aromatic heterocycles. The van der Waals surface area contributed by atoms with E-state index in [4.69, 9.17) is 0 Å². The minimum atomic E-state index is 0.0952. The molecule has 1 aromatic rings. The Labute approximate surface area is 78.0 Å². The van der Waals surface area contributed by atoms with Gasteiger partial charge in [-0.05, 0) is 13.3 Å². The molecule has 1 N–H and O–H groups in total. The van der Waals surface area contributed by atoms with Crippen molar-refractivity contribution in [2.45, 2.75) is 26.3 Å². The zero-order valence-corrected chi connectivity index (χ0v) is 8.08. The second kappa shape index (κ2) is 4.64. The first kappa shape index (κ1) is 9.77. The van der Waals surface area contributed by atoms with E-state index >= 15 is 0 Å². The van der Waals surface area contributed by atoms with E-state index in [9.17, 15) is 4.79 Å². The average molecular weight is 181 g/mol. The Morgan fingerprint density at radius 1 is 1.69 bits per heavy atom. The smallest absolute Gasteiger partial charge is 0.219 e. The lowest BCUT2D eigenvalue weighted by atomic mass is 10.3. The third kappa shape index (κ3) is 2.89. The van der Waals surface area contributed by atoms with Crippen LogP contribution in [0.4, 0.5) is 0 Å². The van der Waals surface area contributed by atoms with Crippen LogP contribution in [0.1, 0.15) is 18.7 Å². The Bertz CT molecular complexity index is 280. The molecule has 0 atom stereocenters. The number of carbonyl (C=O) groups is 1. The maximum absolute atomic E-state index is 10.9. The van der Waals surface area contributed by atoms with E-state index in [1.54, 1.807) is 13.2 Å². The van der Waals surface area contributed by atoms with E-state index in [1.807, 2.05) is 17.7 Å². The van der Waals surface area contributed by atoms with Crippen molar-refractivity contribution in [1.29, 1.82) is 0 Å². The van der Waals surface area contributed by atoms with Crippen molar-refractivity contribution in [2.24, 2.45) is 0 Å². The van der Waals surface area contributed by atoms with Crippen molar-refractivity contribution in [2.75, 3.05) is 7.05 Å². The minimum Gasteiger partial charge on any atom is -0.359 e. The summed E-state index contributed by atoms with van der Waals surface area (Å²) in [6.07, 6.45) is 5.14. The largest absolute Gasteiger partial charge is 0.359 e. The highest BCUT2D eigenvalue weighted by Crippen LogP contribution is 1.99. The van der Waals surface area contributed by atoms with E-state index in [1.165, 1.54) is 0 Å². The van der Waals surface area contributed by atoms with Gasteiger partial charge in [-0.2, -0.15) is 0 Å². The maximum Gasteiger partial charge on any atom is 0.219 e. The van der Waals surface area contributed by atoms with Crippen LogP contribution >= 0.6 is 0 Å². The lowest BCUT2D eigenvalue weighted by Crippen LogP contribution is -2.17. The van der Waals surface area contributed by atoms with Gasteiger partial charge in [-0.25, -0.2) is 4.98 Å². The molecule has 1 heterocycles. The van der Waals surface area contributed by atoms with Crippen LogP contribution < -0.4 is 5.32 Å². The molecule has 0 unspecified atom stereocenters. The lowest BCUT2D eigenvalue weighted by Gasteiger charge is -2.03. The number of hydrogen-bond donors (Lipinski definition) is 1. The quantitative estimate of drug-likeness (QED) is 0.744. The van der Waals surface area contributed by atoms with Crippen molar-refractivity contribution in [3.05, 3.63) is 18.2 Å². The summed E-state index contributed by atoms with van der Waals surface area (Å²) in [7, 11) is 1.66. The Hall–Kier alpha value is -1.32. The fourth-order valence-electron chi connectivity index (χ4n) is 1.18. The van der Waals surface area contributed by atoms with Gasteiger partial charge in [0.25, 0.3) is 0 Å². The van der Waals surface area contributed by atoms with Gasteiger partial charge >= 0.3 is 0 Å². The van der Waals surface area contributed by atoms with E-state index < -0.39 is 0 Å². The second-order valence-electron chi connectivity index (χ2n) is 2.94. The Balaban J connectivity index is 2.28. The van der Waals surface area contributed by atoms with Gasteiger partial charge in [0.15, 0.2) is 0 Å². The molecule has 0 saturated heterocycles. The summed E-state index contributed by atoms with van der Waals surface area (Å²) in [6, 6.07) is 0. The van der Waals surface area contributed by atoms with Crippen molar-refractivity contribution in [3.8, 4) is 0 Å². The summed E-state index contributed by atoms with van der Waals surface area (Å²) in [5.41, 5.74) is 0. The van der Waals surface area contributed by atoms with E-state index in [0.717, 1.165) is 18.8 Å². The average Bonchev–Trinajstić information content (AvgIpc) is 2.52. The third-order valence-corrected chi connectivity index (χ3v) is 2.01. The molecule has 13 heavy (non-hydrogen) atoms. The van der Waals surface area contributed by atoms with E-state index in [2.05, 4.69) is 10.3 Å². The molecule has 0 aliphatic carbocycles. The van der Waals surface area contributed by atoms with Gasteiger partial charge in [0.1, 0.15) is 5.82 Å². The highest BCUT2D eigenvalue weighted by Gasteiger charge is 1.99. The van der Waals surface area contributed by atoms with Crippen LogP contribution in [0.3, 0.4) is 0 Å². The standard InChI is InChI=1S/C9H15N3O/c1-8-11-5-7-12(8)6-3-4-9(13)10-2/h5,7H,3-4,6H2,1-2H3,(H,10,13). The molecule has 0 spiro atoms. The zero-order valence-electron chi connectivity index (χ0n) is 8.08. The van der Waals surface area contributed by atoms with Crippen molar-refractivity contribution in [3.63, 3.8) is 0 Å². The predicted octanol–water partition coefficient (Wildman–Crippen LogP) is 0.718. The van der Waals surface area contributed by atoms with Crippen molar-refractivity contribution < 1.29 is 4.79 Å². The molecular weight excluding hydrogens is 166 g/mol. The Morgan fingerprint density at radius 3 is 3.00 bits per heavy atom. The molecule has 0 fully saturated rings. The van der Waals surface area contributed by atoms with Gasteiger partial charge in [-0.1, -0.05) is 0 Å². The molecule has 0 aromatic carbocycles. The molecular formula is C9H15N3O. The van der Waals surface area contributed by atoms with E-state index in [0.29, 0.717) is 6.42 Å². The predicted molar refractivity (Wildman–Crippen MR) is 50.3 cm³/mol. The first-order valence-electron chi connectivity index (χ1n) is 4.42. The summed E-state index contributed by atoms with van der Waals surface area (Å²) in [6.45, 7) is 2.82. The summed E-state index contributed by atoms with van der Waals surface area (Å²) in [5, 5.41) is 2.60. The molecule has 72 valence electrons. The van der Waals surface area contributed by atoms with Crippen molar-refractivity contribution in [1.82, 2.24) is 14.9 Å². The summed E-state index contributed by atoms with van der Waals surface area (Å²) < 4.78 is 2.04. The van der Waals surface area contributed by atoms with Gasteiger partial charge in [-0.15, -0.1) is 0 Å². The molecule has 1 amide bonds. The molecule has 4 heteroatoms. The molecule has 0 saturated carbocycles. The van der Waals surface area contributed by atoms with Crippen LogP contribution in [0.25, 0.3) is 0 Å². The van der Waals surface area contributed by atoms with Crippen LogP contribution in [0.2, 0.25) is 0 Å². The molecule has 0 bridgehead atoms. The molecule has 1 rings (SSSR count). The molecule has 0 aliphatic rings. The molecule has 0 radical (unpaired) electrons. The highest BCUT2D eigenvalue weighted by atomic mass is 16.1. The Kier molecular flexibility index (Phi) is 3.49. The van der Waals surface area contributed by atoms with Gasteiger partial charge in [0.05, 0.1) is 0 Å². The number of aromatic nitrogens is 2. The van der Waals surface area contributed by atoms with Crippen LogP contribution in [0.5, 0.6) is 0 Å². The summed E-state index contributed by atoms with van der Waals surface area (Å²) >= 11 is 0. The number of aryl methyl sites for hydroxylation is 2. The van der Waals surface area contributed by atoms with Gasteiger partial charge in [0, 0.05) is 32.4 Å². The summed E-state index contributed by atoms with van der Waals surface area (Å²) in [5.74, 6) is 1.09. The van der Waals surface area contributed by atoms with E-state index in [-0.39, 0.29) is 5.91 Å². The lowest BCUT2D eigenvalue weighted by molar-refractivity contribution is -0.120. The Morgan fingerprint density at radius 2 is 2.46 bits per heavy atom. The van der Waals surface area contributed by atoms with Gasteiger partial charge in [0.2, 0.25) is 5.91 Å². The minimum absolute atomic E-state index is 0.0952. The van der Waals surface area contributed by atoms with Crippen molar-refractivity contribution >= 4 is 5.91 Å². The number of imidazole rings is 1. The van der Waals surface area contributed by atoms with Gasteiger partial charge < -0.3 is 9.88 Å². The van der Waals surface area contributed by atoms with Crippen LogP contribution in [0, 0.1) is 6.92 Å². The third-order valence-electron chi connectivity index (χ3n) is 2.01. The fraction of sp³-hybridized carbons (Fsp3) is 0.556. The highest BCUT2D eigenvalue weighted by molar-refractivity contribution is 5.75. The second-order valence-corrected chi connectivity index (χ2v) is 2.94. The molecule has 4 nitrogen and oxygen atoms in total. The molecule has 0 aliphatic heterocycles. The number of amides is 1. The maximum atomic E-state index is 10.9. The zero-order chi connectivity index (χ0) is 9.68.